The Kier molecular flexibility index (Phi) is 5.74. The summed E-state index contributed by atoms with van der Waals surface area (Å²) < 4.78 is 0. The van der Waals surface area contributed by atoms with Gasteiger partial charge >= 0.3 is 0 Å². The number of hydrogen-bond acceptors (Lipinski definition) is 2. The monoisotopic (exact) mass is 232 g/mol. The van der Waals surface area contributed by atoms with Crippen LogP contribution in [0.4, 0.5) is 0 Å². The molecule has 0 aliphatic rings. The van der Waals surface area contributed by atoms with Crippen molar-refractivity contribution < 1.29 is 4.79 Å². The van der Waals surface area contributed by atoms with Gasteiger partial charge in [-0.05, 0) is 26.0 Å². The second-order valence-corrected chi connectivity index (χ2v) is 4.62. The molecule has 0 aliphatic carbocycles. The Balaban J connectivity index is 2.30. The molecule has 84 valence electrons. The van der Waals surface area contributed by atoms with E-state index in [-0.39, 0.29) is 5.78 Å². The SMILES string of the molecule is CC#CCCC(=O)CSc1ccc(C)cc1. The molecule has 0 bridgehead atoms. The van der Waals surface area contributed by atoms with Crippen molar-refractivity contribution in [3.05, 3.63) is 29.8 Å². The lowest BCUT2D eigenvalue weighted by Gasteiger charge is -2.00. The van der Waals surface area contributed by atoms with E-state index in [1.54, 1.807) is 18.7 Å². The molecule has 0 aromatic heterocycles. The lowest BCUT2D eigenvalue weighted by atomic mass is 10.2. The second kappa shape index (κ2) is 7.14. The third-order valence-corrected chi connectivity index (χ3v) is 3.20. The Morgan fingerprint density at radius 2 is 2.00 bits per heavy atom. The summed E-state index contributed by atoms with van der Waals surface area (Å²) in [4.78, 5) is 12.6. The van der Waals surface area contributed by atoms with Gasteiger partial charge in [0.05, 0.1) is 5.75 Å². The average molecular weight is 232 g/mol. The third kappa shape index (κ3) is 5.04. The zero-order chi connectivity index (χ0) is 11.8. The van der Waals surface area contributed by atoms with Crippen molar-refractivity contribution in [2.24, 2.45) is 0 Å². The van der Waals surface area contributed by atoms with Crippen LogP contribution in [0.1, 0.15) is 25.3 Å². The van der Waals surface area contributed by atoms with Crippen LogP contribution in [0, 0.1) is 18.8 Å². The second-order valence-electron chi connectivity index (χ2n) is 3.57. The molecule has 2 heteroatoms. The molecule has 0 saturated carbocycles. The first kappa shape index (κ1) is 12.9. The highest BCUT2D eigenvalue weighted by Crippen LogP contribution is 2.18. The quantitative estimate of drug-likeness (QED) is 0.571. The maximum absolute atomic E-state index is 11.5. The number of rotatable bonds is 5. The summed E-state index contributed by atoms with van der Waals surface area (Å²) in [5.41, 5.74) is 1.24. The standard InChI is InChI=1S/C14H16OS/c1-3-4-5-6-13(15)11-16-14-9-7-12(2)8-10-14/h7-10H,5-6,11H2,1-2H3. The fourth-order valence-corrected chi connectivity index (χ4v) is 2.00. The van der Waals surface area contributed by atoms with Crippen molar-refractivity contribution in [3.63, 3.8) is 0 Å². The molecule has 1 nitrogen and oxygen atoms in total. The molecular formula is C14H16OS. The molecule has 0 amide bonds. The van der Waals surface area contributed by atoms with Crippen molar-refractivity contribution >= 4 is 17.5 Å². The number of Topliss-reactive ketones (excluding diaryl/α,β-unsaturated/α-hetero) is 1. The lowest BCUT2D eigenvalue weighted by Crippen LogP contribution is -2.00. The Bertz CT molecular complexity index is 395. The number of carbonyl (C=O) groups is 1. The summed E-state index contributed by atoms with van der Waals surface area (Å²) in [6, 6.07) is 8.24. The minimum absolute atomic E-state index is 0.272. The predicted octanol–water partition coefficient (Wildman–Crippen LogP) is 3.46. The minimum atomic E-state index is 0.272. The molecule has 0 saturated heterocycles. The van der Waals surface area contributed by atoms with Crippen LogP contribution in [0.25, 0.3) is 0 Å². The van der Waals surface area contributed by atoms with Crippen LogP contribution in [0.5, 0.6) is 0 Å². The molecule has 1 aromatic carbocycles. The average Bonchev–Trinajstić information content (AvgIpc) is 2.29. The van der Waals surface area contributed by atoms with E-state index in [1.807, 2.05) is 0 Å². The smallest absolute Gasteiger partial charge is 0.144 e. The summed E-state index contributed by atoms with van der Waals surface area (Å²) in [7, 11) is 0. The van der Waals surface area contributed by atoms with Gasteiger partial charge in [-0.1, -0.05) is 17.7 Å². The molecule has 0 heterocycles. The molecule has 0 fully saturated rings. The van der Waals surface area contributed by atoms with Gasteiger partial charge in [-0.25, -0.2) is 0 Å². The zero-order valence-electron chi connectivity index (χ0n) is 9.75. The van der Waals surface area contributed by atoms with E-state index >= 15 is 0 Å². The zero-order valence-corrected chi connectivity index (χ0v) is 10.6. The van der Waals surface area contributed by atoms with Crippen LogP contribution in [-0.2, 0) is 4.79 Å². The van der Waals surface area contributed by atoms with Gasteiger partial charge in [0.1, 0.15) is 5.78 Å². The van der Waals surface area contributed by atoms with Crippen molar-refractivity contribution in [1.29, 1.82) is 0 Å². The Hall–Kier alpha value is -1.20. The fraction of sp³-hybridized carbons (Fsp3) is 0.357. The summed E-state index contributed by atoms with van der Waals surface area (Å²) in [5, 5.41) is 0. The van der Waals surface area contributed by atoms with E-state index in [0.717, 1.165) is 4.90 Å². The number of hydrogen-bond donors (Lipinski definition) is 0. The number of ketones is 1. The Morgan fingerprint density at radius 3 is 2.62 bits per heavy atom. The molecular weight excluding hydrogens is 216 g/mol. The third-order valence-electron chi connectivity index (χ3n) is 2.13. The van der Waals surface area contributed by atoms with Crippen molar-refractivity contribution in [2.45, 2.75) is 31.6 Å². The first-order chi connectivity index (χ1) is 7.72. The minimum Gasteiger partial charge on any atom is -0.299 e. The van der Waals surface area contributed by atoms with Crippen LogP contribution in [-0.4, -0.2) is 11.5 Å². The van der Waals surface area contributed by atoms with Gasteiger partial charge in [0.2, 0.25) is 0 Å². The molecule has 1 aromatic rings. The summed E-state index contributed by atoms with van der Waals surface area (Å²) in [5.74, 6) is 6.52. The molecule has 0 N–H and O–H groups in total. The normalized spacial score (nSPS) is 9.38. The lowest BCUT2D eigenvalue weighted by molar-refractivity contribution is -0.116. The highest BCUT2D eigenvalue weighted by Gasteiger charge is 2.01. The van der Waals surface area contributed by atoms with Gasteiger partial charge in [-0.3, -0.25) is 4.79 Å². The Labute approximate surface area is 102 Å². The molecule has 16 heavy (non-hydrogen) atoms. The van der Waals surface area contributed by atoms with E-state index in [2.05, 4.69) is 43.0 Å². The van der Waals surface area contributed by atoms with Gasteiger partial charge in [0.15, 0.2) is 0 Å². The molecule has 0 unspecified atom stereocenters. The summed E-state index contributed by atoms with van der Waals surface area (Å²) in [6.07, 6.45) is 1.25. The van der Waals surface area contributed by atoms with E-state index < -0.39 is 0 Å². The van der Waals surface area contributed by atoms with Crippen LogP contribution in [0.3, 0.4) is 0 Å². The van der Waals surface area contributed by atoms with Crippen LogP contribution in [0.2, 0.25) is 0 Å². The van der Waals surface area contributed by atoms with Gasteiger partial charge in [-0.15, -0.1) is 23.6 Å². The van der Waals surface area contributed by atoms with E-state index in [9.17, 15) is 4.79 Å². The van der Waals surface area contributed by atoms with E-state index in [0.29, 0.717) is 18.6 Å². The van der Waals surface area contributed by atoms with Gasteiger partial charge in [0, 0.05) is 17.7 Å². The predicted molar refractivity (Wildman–Crippen MR) is 69.6 cm³/mol. The van der Waals surface area contributed by atoms with Crippen molar-refractivity contribution in [1.82, 2.24) is 0 Å². The molecule has 0 radical (unpaired) electrons. The number of aryl methyl sites for hydroxylation is 1. The highest BCUT2D eigenvalue weighted by atomic mass is 32.2. The Morgan fingerprint density at radius 1 is 1.31 bits per heavy atom. The van der Waals surface area contributed by atoms with E-state index in [4.69, 9.17) is 0 Å². The van der Waals surface area contributed by atoms with E-state index in [1.165, 1.54) is 5.56 Å². The first-order valence-electron chi connectivity index (χ1n) is 5.33. The molecule has 0 atom stereocenters. The summed E-state index contributed by atoms with van der Waals surface area (Å²) >= 11 is 1.60. The van der Waals surface area contributed by atoms with Crippen molar-refractivity contribution in [3.8, 4) is 11.8 Å². The fourth-order valence-electron chi connectivity index (χ4n) is 1.20. The first-order valence-corrected chi connectivity index (χ1v) is 6.31. The highest BCUT2D eigenvalue weighted by molar-refractivity contribution is 8.00. The van der Waals surface area contributed by atoms with Crippen LogP contribution in [0.15, 0.2) is 29.2 Å². The van der Waals surface area contributed by atoms with Crippen molar-refractivity contribution in [2.75, 3.05) is 5.75 Å². The molecule has 0 spiro atoms. The number of thioether (sulfide) groups is 1. The number of benzene rings is 1. The number of carbonyl (C=O) groups excluding carboxylic acids is 1. The van der Waals surface area contributed by atoms with Crippen LogP contribution >= 0.6 is 11.8 Å². The van der Waals surface area contributed by atoms with Gasteiger partial charge in [-0.2, -0.15) is 0 Å². The molecule has 0 aliphatic heterocycles. The largest absolute Gasteiger partial charge is 0.299 e. The topological polar surface area (TPSA) is 17.1 Å². The van der Waals surface area contributed by atoms with Crippen LogP contribution < -0.4 is 0 Å². The molecule has 1 rings (SSSR count). The summed E-state index contributed by atoms with van der Waals surface area (Å²) in [6.45, 7) is 3.86. The maximum Gasteiger partial charge on any atom is 0.144 e. The van der Waals surface area contributed by atoms with Gasteiger partial charge in [0.25, 0.3) is 0 Å². The maximum atomic E-state index is 11.5. The van der Waals surface area contributed by atoms with Gasteiger partial charge < -0.3 is 0 Å².